The molecule has 1 aliphatic carbocycles. The van der Waals surface area contributed by atoms with Gasteiger partial charge in [-0.2, -0.15) is 0 Å². The maximum atomic E-state index is 13.3. The summed E-state index contributed by atoms with van der Waals surface area (Å²) in [4.78, 5) is 32.5. The minimum absolute atomic E-state index is 0.101. The lowest BCUT2D eigenvalue weighted by atomic mass is 10.1. The lowest BCUT2D eigenvalue weighted by Gasteiger charge is -2.19. The molecule has 0 spiro atoms. The number of benzene rings is 1. The van der Waals surface area contributed by atoms with E-state index in [1.807, 2.05) is 35.4 Å². The molecule has 1 atom stereocenters. The van der Waals surface area contributed by atoms with Crippen molar-refractivity contribution in [3.63, 3.8) is 0 Å². The van der Waals surface area contributed by atoms with Gasteiger partial charge in [-0.25, -0.2) is 4.98 Å². The predicted octanol–water partition coefficient (Wildman–Crippen LogP) is 3.85. The molecule has 1 aromatic carbocycles. The van der Waals surface area contributed by atoms with Gasteiger partial charge in [-0.3, -0.25) is 14.0 Å². The highest BCUT2D eigenvalue weighted by molar-refractivity contribution is 6.30. The van der Waals surface area contributed by atoms with Gasteiger partial charge in [-0.1, -0.05) is 23.7 Å². The Morgan fingerprint density at radius 2 is 2.07 bits per heavy atom. The number of imidazole rings is 1. The second kappa shape index (κ2) is 7.02. The monoisotopic (exact) mass is 410 g/mol. The van der Waals surface area contributed by atoms with Gasteiger partial charge in [0, 0.05) is 42.1 Å². The first-order valence-electron chi connectivity index (χ1n) is 10.2. The lowest BCUT2D eigenvalue weighted by molar-refractivity contribution is 0.0742. The molecule has 3 heterocycles. The summed E-state index contributed by atoms with van der Waals surface area (Å²) < 4.78 is 3.48. The van der Waals surface area contributed by atoms with Crippen LogP contribution >= 0.6 is 11.6 Å². The van der Waals surface area contributed by atoms with E-state index in [2.05, 4.69) is 11.9 Å². The summed E-state index contributed by atoms with van der Waals surface area (Å²) in [7, 11) is 0. The van der Waals surface area contributed by atoms with Gasteiger partial charge in [0.1, 0.15) is 5.69 Å². The Bertz CT molecular complexity index is 1160. The fraction of sp³-hybridized carbons (Fsp3) is 0.409. The van der Waals surface area contributed by atoms with Gasteiger partial charge >= 0.3 is 0 Å². The van der Waals surface area contributed by atoms with E-state index in [9.17, 15) is 9.59 Å². The van der Waals surface area contributed by atoms with Crippen molar-refractivity contribution >= 4 is 23.2 Å². The van der Waals surface area contributed by atoms with Crippen LogP contribution in [0.25, 0.3) is 16.9 Å². The summed E-state index contributed by atoms with van der Waals surface area (Å²) in [6.45, 7) is 3.46. The van der Waals surface area contributed by atoms with Gasteiger partial charge in [0.2, 0.25) is 5.65 Å². The average molecular weight is 411 g/mol. The van der Waals surface area contributed by atoms with E-state index in [1.54, 1.807) is 15.2 Å². The summed E-state index contributed by atoms with van der Waals surface area (Å²) in [5.74, 6) is 0.422. The number of hydrogen-bond donors (Lipinski definition) is 0. The molecule has 2 aromatic heterocycles. The van der Waals surface area contributed by atoms with Crippen molar-refractivity contribution in [3.8, 4) is 11.3 Å². The van der Waals surface area contributed by atoms with Gasteiger partial charge in [-0.05, 0) is 50.7 Å². The standard InChI is InChI=1S/C22H23ClN4O2/c1-14-4-3-9-26(14)21(28)18-12-25-13-19(16-5-2-6-17(23)10-16)27(11-15-7-8-15)22(29)20(25)24-18/h2,5-6,10,12-15H,3-4,7-9,11H2,1H3/t14-/m0/s1. The summed E-state index contributed by atoms with van der Waals surface area (Å²) >= 11 is 6.20. The molecule has 1 amide bonds. The maximum Gasteiger partial charge on any atom is 0.294 e. The largest absolute Gasteiger partial charge is 0.335 e. The van der Waals surface area contributed by atoms with Gasteiger partial charge < -0.3 is 9.47 Å². The highest BCUT2D eigenvalue weighted by Gasteiger charge is 2.29. The molecule has 3 aromatic rings. The zero-order valence-electron chi connectivity index (χ0n) is 16.3. The molecule has 0 unspecified atom stereocenters. The maximum absolute atomic E-state index is 13.3. The van der Waals surface area contributed by atoms with Crippen molar-refractivity contribution in [2.24, 2.45) is 5.92 Å². The number of nitrogens with zero attached hydrogens (tertiary/aromatic N) is 4. The second-order valence-corrected chi connectivity index (χ2v) is 8.67. The quantitative estimate of drug-likeness (QED) is 0.656. The van der Waals surface area contributed by atoms with Crippen LogP contribution in [0.3, 0.4) is 0 Å². The number of hydrogen-bond acceptors (Lipinski definition) is 3. The zero-order valence-corrected chi connectivity index (χ0v) is 17.1. The third kappa shape index (κ3) is 3.35. The van der Waals surface area contributed by atoms with Crippen LogP contribution in [0.5, 0.6) is 0 Å². The average Bonchev–Trinajstić information content (AvgIpc) is 3.25. The van der Waals surface area contributed by atoms with Gasteiger partial charge in [0.25, 0.3) is 11.5 Å². The Labute approximate surface area is 173 Å². The first kappa shape index (κ1) is 18.4. The minimum Gasteiger partial charge on any atom is -0.335 e. The highest BCUT2D eigenvalue weighted by atomic mass is 35.5. The molecule has 1 saturated carbocycles. The number of likely N-dealkylation sites (tertiary alicyclic amines) is 1. The Morgan fingerprint density at radius 1 is 1.24 bits per heavy atom. The van der Waals surface area contributed by atoms with Crippen molar-refractivity contribution in [2.45, 2.75) is 45.2 Å². The Morgan fingerprint density at radius 3 is 2.76 bits per heavy atom. The first-order chi connectivity index (χ1) is 14.0. The molecule has 0 radical (unpaired) electrons. The van der Waals surface area contributed by atoms with Crippen LogP contribution in [0.1, 0.15) is 43.1 Å². The van der Waals surface area contributed by atoms with E-state index in [0.29, 0.717) is 28.8 Å². The van der Waals surface area contributed by atoms with E-state index in [-0.39, 0.29) is 17.5 Å². The second-order valence-electron chi connectivity index (χ2n) is 8.23. The molecule has 2 fully saturated rings. The minimum atomic E-state index is -0.164. The molecular formula is C22H23ClN4O2. The van der Waals surface area contributed by atoms with Crippen LogP contribution in [0.15, 0.2) is 41.5 Å². The summed E-state index contributed by atoms with van der Waals surface area (Å²) in [5.41, 5.74) is 2.14. The normalized spacial score (nSPS) is 19.2. The zero-order chi connectivity index (χ0) is 20.1. The Kier molecular flexibility index (Phi) is 4.46. The Balaban J connectivity index is 1.64. The molecule has 0 bridgehead atoms. The van der Waals surface area contributed by atoms with Crippen molar-refractivity contribution in [2.75, 3.05) is 6.54 Å². The van der Waals surface area contributed by atoms with Crippen molar-refractivity contribution < 1.29 is 4.79 Å². The molecule has 5 rings (SSSR count). The fourth-order valence-electron chi connectivity index (χ4n) is 4.19. The van der Waals surface area contributed by atoms with Crippen LogP contribution < -0.4 is 5.56 Å². The summed E-state index contributed by atoms with van der Waals surface area (Å²) in [6, 6.07) is 7.72. The van der Waals surface area contributed by atoms with Crippen molar-refractivity contribution in [3.05, 3.63) is 57.7 Å². The van der Waals surface area contributed by atoms with Gasteiger partial charge in [-0.15, -0.1) is 0 Å². The number of carbonyl (C=O) groups excluding carboxylic acids is 1. The molecular weight excluding hydrogens is 388 g/mol. The van der Waals surface area contributed by atoms with Crippen LogP contribution in [-0.2, 0) is 6.54 Å². The van der Waals surface area contributed by atoms with Crippen molar-refractivity contribution in [1.29, 1.82) is 0 Å². The van der Waals surface area contributed by atoms with Crippen molar-refractivity contribution in [1.82, 2.24) is 18.9 Å². The number of aromatic nitrogens is 3. The van der Waals surface area contributed by atoms with Crippen LogP contribution in [0.2, 0.25) is 5.02 Å². The third-order valence-corrected chi connectivity index (χ3v) is 6.25. The molecule has 1 saturated heterocycles. The number of fused-ring (bicyclic) bond motifs is 1. The van der Waals surface area contributed by atoms with Crippen LogP contribution in [0.4, 0.5) is 0 Å². The van der Waals surface area contributed by atoms with E-state index >= 15 is 0 Å². The predicted molar refractivity (Wildman–Crippen MR) is 112 cm³/mol. The molecule has 29 heavy (non-hydrogen) atoms. The SMILES string of the molecule is C[C@H]1CCCN1C(=O)c1cn2cc(-c3cccc(Cl)c3)n(CC3CC3)c(=O)c2n1. The highest BCUT2D eigenvalue weighted by Crippen LogP contribution is 2.32. The summed E-state index contributed by atoms with van der Waals surface area (Å²) in [6.07, 6.45) is 7.86. The van der Waals surface area contributed by atoms with Gasteiger partial charge in [0.05, 0.1) is 5.69 Å². The summed E-state index contributed by atoms with van der Waals surface area (Å²) in [5, 5.41) is 0.623. The van der Waals surface area contributed by atoms with Crippen LogP contribution in [-0.4, -0.2) is 37.3 Å². The fourth-order valence-corrected chi connectivity index (χ4v) is 4.38. The lowest BCUT2D eigenvalue weighted by Crippen LogP contribution is -2.33. The molecule has 7 heteroatoms. The molecule has 6 nitrogen and oxygen atoms in total. The van der Waals surface area contributed by atoms with E-state index in [1.165, 1.54) is 0 Å². The smallest absolute Gasteiger partial charge is 0.294 e. The molecule has 150 valence electrons. The topological polar surface area (TPSA) is 59.6 Å². The number of halogens is 1. The molecule has 2 aliphatic rings. The van der Waals surface area contributed by atoms with E-state index < -0.39 is 0 Å². The first-order valence-corrected chi connectivity index (χ1v) is 10.6. The molecule has 0 N–H and O–H groups in total. The Hall–Kier alpha value is -2.60. The third-order valence-electron chi connectivity index (χ3n) is 6.01. The van der Waals surface area contributed by atoms with Gasteiger partial charge in [0.15, 0.2) is 0 Å². The molecule has 1 aliphatic heterocycles. The number of carbonyl (C=O) groups is 1. The van der Waals surface area contributed by atoms with E-state index in [4.69, 9.17) is 11.6 Å². The van der Waals surface area contributed by atoms with E-state index in [0.717, 1.165) is 43.5 Å². The number of rotatable bonds is 4. The number of amides is 1. The van der Waals surface area contributed by atoms with Crippen LogP contribution in [0, 0.1) is 5.92 Å².